The van der Waals surface area contributed by atoms with Crippen LogP contribution in [-0.2, 0) is 11.3 Å². The van der Waals surface area contributed by atoms with Gasteiger partial charge in [0, 0.05) is 19.2 Å². The van der Waals surface area contributed by atoms with Crippen LogP contribution in [-0.4, -0.2) is 28.3 Å². The Labute approximate surface area is 135 Å². The molecule has 1 aliphatic heterocycles. The van der Waals surface area contributed by atoms with E-state index in [-0.39, 0.29) is 17.4 Å². The zero-order valence-electron chi connectivity index (χ0n) is 12.1. The topological polar surface area (TPSA) is 75.5 Å². The van der Waals surface area contributed by atoms with E-state index >= 15 is 0 Å². The highest BCUT2D eigenvalue weighted by atomic mass is 32.1. The first kappa shape index (κ1) is 15.4. The molecule has 8 heteroatoms. The van der Waals surface area contributed by atoms with E-state index in [0.29, 0.717) is 24.5 Å². The number of halogens is 1. The Bertz CT molecular complexity index is 732. The quantitative estimate of drug-likeness (QED) is 0.673. The number of carbonyl (C=O) groups is 1. The van der Waals surface area contributed by atoms with E-state index in [1.165, 1.54) is 29.5 Å². The molecule has 1 amide bonds. The first-order valence-electron chi connectivity index (χ1n) is 7.06. The van der Waals surface area contributed by atoms with Crippen LogP contribution in [0.1, 0.15) is 12.0 Å². The molecule has 1 unspecified atom stereocenters. The van der Waals surface area contributed by atoms with Crippen molar-refractivity contribution in [3.8, 4) is 0 Å². The minimum Gasteiger partial charge on any atom is -0.360 e. The van der Waals surface area contributed by atoms with Gasteiger partial charge in [-0.3, -0.25) is 14.9 Å². The SMILES string of the molecule is O=C1C(Nc2sccc2[N+](=O)[O-])CCN1Cc1ccc(F)cc1. The number of likely N-dealkylation sites (tertiary alicyclic amines) is 1. The molecule has 3 rings (SSSR count). The summed E-state index contributed by atoms with van der Waals surface area (Å²) in [6.45, 7) is 0.969. The van der Waals surface area contributed by atoms with Gasteiger partial charge < -0.3 is 10.2 Å². The largest absolute Gasteiger partial charge is 0.360 e. The van der Waals surface area contributed by atoms with Crippen molar-refractivity contribution >= 4 is 27.9 Å². The molecule has 2 aromatic rings. The van der Waals surface area contributed by atoms with Crippen LogP contribution >= 0.6 is 11.3 Å². The van der Waals surface area contributed by atoms with Crippen molar-refractivity contribution in [2.24, 2.45) is 0 Å². The minimum atomic E-state index is -0.465. The van der Waals surface area contributed by atoms with Crippen LogP contribution in [0.2, 0.25) is 0 Å². The molecule has 6 nitrogen and oxygen atoms in total. The van der Waals surface area contributed by atoms with Gasteiger partial charge in [-0.1, -0.05) is 12.1 Å². The van der Waals surface area contributed by atoms with E-state index in [0.717, 1.165) is 5.56 Å². The van der Waals surface area contributed by atoms with Gasteiger partial charge in [-0.25, -0.2) is 4.39 Å². The summed E-state index contributed by atoms with van der Waals surface area (Å²) in [7, 11) is 0. The van der Waals surface area contributed by atoms with Gasteiger partial charge in [0.05, 0.1) is 4.92 Å². The van der Waals surface area contributed by atoms with Gasteiger partial charge in [0.2, 0.25) is 5.91 Å². The van der Waals surface area contributed by atoms with E-state index in [1.54, 1.807) is 22.4 Å². The lowest BCUT2D eigenvalue weighted by molar-refractivity contribution is -0.383. The zero-order valence-corrected chi connectivity index (χ0v) is 12.9. The fourth-order valence-electron chi connectivity index (χ4n) is 2.55. The second-order valence-corrected chi connectivity index (χ2v) is 6.18. The van der Waals surface area contributed by atoms with Crippen LogP contribution in [0.15, 0.2) is 35.7 Å². The molecular formula is C15H14FN3O3S. The lowest BCUT2D eigenvalue weighted by Crippen LogP contribution is -2.33. The van der Waals surface area contributed by atoms with E-state index in [1.807, 2.05) is 0 Å². The van der Waals surface area contributed by atoms with Crippen LogP contribution in [0.4, 0.5) is 15.1 Å². The lowest BCUT2D eigenvalue weighted by atomic mass is 10.2. The predicted octanol–water partition coefficient (Wildman–Crippen LogP) is 3.01. The van der Waals surface area contributed by atoms with E-state index in [4.69, 9.17) is 0 Å². The normalized spacial score (nSPS) is 17.5. The maximum Gasteiger partial charge on any atom is 0.303 e. The Morgan fingerprint density at radius 3 is 2.78 bits per heavy atom. The highest BCUT2D eigenvalue weighted by molar-refractivity contribution is 7.14. The average molecular weight is 335 g/mol. The van der Waals surface area contributed by atoms with Crippen molar-refractivity contribution in [2.75, 3.05) is 11.9 Å². The summed E-state index contributed by atoms with van der Waals surface area (Å²) in [6, 6.07) is 6.97. The number of anilines is 1. The molecule has 0 spiro atoms. The Balaban J connectivity index is 1.65. The van der Waals surface area contributed by atoms with Gasteiger partial charge >= 0.3 is 5.69 Å². The highest BCUT2D eigenvalue weighted by Gasteiger charge is 2.33. The lowest BCUT2D eigenvalue weighted by Gasteiger charge is -2.17. The van der Waals surface area contributed by atoms with Crippen molar-refractivity contribution in [3.63, 3.8) is 0 Å². The molecule has 0 aliphatic carbocycles. The smallest absolute Gasteiger partial charge is 0.303 e. The third kappa shape index (κ3) is 3.31. The number of nitrogens with zero attached hydrogens (tertiary/aromatic N) is 2. The number of nitro groups is 1. The molecule has 1 aromatic heterocycles. The molecular weight excluding hydrogens is 321 g/mol. The first-order chi connectivity index (χ1) is 11.0. The Morgan fingerprint density at radius 1 is 1.35 bits per heavy atom. The Morgan fingerprint density at radius 2 is 2.09 bits per heavy atom. The number of hydrogen-bond acceptors (Lipinski definition) is 5. The number of hydrogen-bond donors (Lipinski definition) is 1. The second kappa shape index (κ2) is 6.33. The van der Waals surface area contributed by atoms with Crippen molar-refractivity contribution in [3.05, 3.63) is 57.2 Å². The summed E-state index contributed by atoms with van der Waals surface area (Å²) in [6.07, 6.45) is 0.578. The summed E-state index contributed by atoms with van der Waals surface area (Å²) >= 11 is 1.21. The van der Waals surface area contributed by atoms with Crippen LogP contribution in [0.5, 0.6) is 0 Å². The maximum absolute atomic E-state index is 12.9. The molecule has 120 valence electrons. The molecule has 1 fully saturated rings. The molecule has 1 atom stereocenters. The molecule has 0 saturated carbocycles. The summed E-state index contributed by atoms with van der Waals surface area (Å²) in [5, 5.41) is 15.9. The number of benzene rings is 1. The van der Waals surface area contributed by atoms with Gasteiger partial charge in [-0.05, 0) is 29.5 Å². The number of thiophene rings is 1. The van der Waals surface area contributed by atoms with Crippen molar-refractivity contribution < 1.29 is 14.1 Å². The fraction of sp³-hybridized carbons (Fsp3) is 0.267. The van der Waals surface area contributed by atoms with Crippen molar-refractivity contribution in [2.45, 2.75) is 19.0 Å². The van der Waals surface area contributed by atoms with Crippen molar-refractivity contribution in [1.82, 2.24) is 4.90 Å². The monoisotopic (exact) mass is 335 g/mol. The summed E-state index contributed by atoms with van der Waals surface area (Å²) in [5.74, 6) is -0.414. The highest BCUT2D eigenvalue weighted by Crippen LogP contribution is 2.32. The number of carbonyl (C=O) groups excluding carboxylic acids is 1. The van der Waals surface area contributed by atoms with Gasteiger partial charge in [-0.15, -0.1) is 11.3 Å². The Kier molecular flexibility index (Phi) is 4.24. The van der Waals surface area contributed by atoms with Crippen LogP contribution < -0.4 is 5.32 Å². The van der Waals surface area contributed by atoms with Crippen LogP contribution in [0, 0.1) is 15.9 Å². The summed E-state index contributed by atoms with van der Waals surface area (Å²) in [5.41, 5.74) is 0.835. The van der Waals surface area contributed by atoms with Gasteiger partial charge in [-0.2, -0.15) is 0 Å². The summed E-state index contributed by atoms with van der Waals surface area (Å²) in [4.78, 5) is 24.5. The average Bonchev–Trinajstić information content (AvgIpc) is 3.11. The fourth-order valence-corrected chi connectivity index (χ4v) is 3.36. The molecule has 0 bridgehead atoms. The van der Waals surface area contributed by atoms with Crippen molar-refractivity contribution in [1.29, 1.82) is 0 Å². The predicted molar refractivity (Wildman–Crippen MR) is 84.8 cm³/mol. The molecule has 1 saturated heterocycles. The molecule has 1 N–H and O–H groups in total. The van der Waals surface area contributed by atoms with Crippen LogP contribution in [0.25, 0.3) is 0 Å². The van der Waals surface area contributed by atoms with Gasteiger partial charge in [0.1, 0.15) is 11.9 Å². The third-order valence-corrected chi connectivity index (χ3v) is 4.57. The molecule has 23 heavy (non-hydrogen) atoms. The molecule has 1 aromatic carbocycles. The van der Waals surface area contributed by atoms with E-state index in [2.05, 4.69) is 5.32 Å². The number of nitrogens with one attached hydrogen (secondary N) is 1. The second-order valence-electron chi connectivity index (χ2n) is 5.26. The first-order valence-corrected chi connectivity index (χ1v) is 7.94. The molecule has 0 radical (unpaired) electrons. The maximum atomic E-state index is 12.9. The molecule has 2 heterocycles. The molecule has 1 aliphatic rings. The van der Waals surface area contributed by atoms with E-state index in [9.17, 15) is 19.3 Å². The van der Waals surface area contributed by atoms with Gasteiger partial charge in [0.15, 0.2) is 5.00 Å². The van der Waals surface area contributed by atoms with Crippen LogP contribution in [0.3, 0.4) is 0 Å². The Hall–Kier alpha value is -2.48. The zero-order chi connectivity index (χ0) is 16.4. The van der Waals surface area contributed by atoms with Gasteiger partial charge in [0.25, 0.3) is 0 Å². The number of rotatable bonds is 5. The van der Waals surface area contributed by atoms with E-state index < -0.39 is 11.0 Å². The standard InChI is InChI=1S/C15H14FN3O3S/c16-11-3-1-10(2-4-11)9-18-7-5-12(15(18)20)17-14-13(19(21)22)6-8-23-14/h1-4,6,8,12,17H,5,7,9H2. The third-order valence-electron chi connectivity index (χ3n) is 3.73. The minimum absolute atomic E-state index is 0.0141. The number of amides is 1. The summed E-state index contributed by atoms with van der Waals surface area (Å²) < 4.78 is 12.9.